The third-order valence-electron chi connectivity index (χ3n) is 5.37. The zero-order valence-corrected chi connectivity index (χ0v) is 18.5. The van der Waals surface area contributed by atoms with Crippen LogP contribution < -0.4 is 15.5 Å². The van der Waals surface area contributed by atoms with E-state index in [0.717, 1.165) is 35.4 Å². The van der Waals surface area contributed by atoms with Crippen LogP contribution in [0.4, 0.5) is 5.82 Å². The maximum absolute atomic E-state index is 12.5. The Morgan fingerprint density at radius 2 is 2.07 bits per heavy atom. The lowest BCUT2D eigenvalue weighted by molar-refractivity contribution is -0.122. The summed E-state index contributed by atoms with van der Waals surface area (Å²) in [5.74, 6) is 2.07. The third-order valence-corrected chi connectivity index (χ3v) is 5.37. The average molecular weight is 427 g/mol. The highest BCUT2D eigenvalue weighted by molar-refractivity contribution is 5.86. The number of hydrogen-bond acceptors (Lipinski definition) is 4. The molecule has 156 valence electrons. The molecule has 1 saturated heterocycles. The molecule has 1 aliphatic rings. The quantitative estimate of drug-likeness (QED) is 0.737. The number of amides is 1. The van der Waals surface area contributed by atoms with Crippen LogP contribution in [-0.2, 0) is 11.3 Å². The molecular formula is C21H32Cl2N4O. The van der Waals surface area contributed by atoms with Crippen molar-refractivity contribution < 1.29 is 4.79 Å². The molecule has 2 heterocycles. The Balaban J connectivity index is 0.00000196. The number of halogens is 2. The number of anilines is 1. The minimum absolute atomic E-state index is 0. The predicted octanol–water partition coefficient (Wildman–Crippen LogP) is 3.79. The summed E-state index contributed by atoms with van der Waals surface area (Å²) >= 11 is 0. The Labute approximate surface area is 180 Å². The minimum Gasteiger partial charge on any atom is -0.363 e. The van der Waals surface area contributed by atoms with Crippen LogP contribution in [-0.4, -0.2) is 38.1 Å². The molecule has 1 aromatic heterocycles. The molecule has 0 spiro atoms. The number of piperidine rings is 1. The summed E-state index contributed by atoms with van der Waals surface area (Å²) in [6.45, 7) is 4.88. The Bertz CT molecular complexity index is 763. The lowest BCUT2D eigenvalue weighted by Gasteiger charge is -2.28. The van der Waals surface area contributed by atoms with E-state index in [9.17, 15) is 4.79 Å². The number of fused-ring (bicyclic) bond motifs is 1. The van der Waals surface area contributed by atoms with Crippen molar-refractivity contribution in [1.29, 1.82) is 0 Å². The maximum Gasteiger partial charge on any atom is 0.220 e. The van der Waals surface area contributed by atoms with E-state index in [0.29, 0.717) is 24.8 Å². The van der Waals surface area contributed by atoms with Crippen LogP contribution in [0.5, 0.6) is 0 Å². The molecule has 0 saturated carbocycles. The number of rotatable bonds is 6. The number of nitrogens with zero attached hydrogens (tertiary/aromatic N) is 2. The molecule has 28 heavy (non-hydrogen) atoms. The second kappa shape index (κ2) is 11.4. The second-order valence-corrected chi connectivity index (χ2v) is 7.62. The van der Waals surface area contributed by atoms with Gasteiger partial charge in [-0.3, -0.25) is 4.79 Å². The summed E-state index contributed by atoms with van der Waals surface area (Å²) in [7, 11) is 3.97. The van der Waals surface area contributed by atoms with Gasteiger partial charge in [0.2, 0.25) is 5.91 Å². The molecule has 0 bridgehead atoms. The van der Waals surface area contributed by atoms with Crippen molar-refractivity contribution in [3.8, 4) is 0 Å². The van der Waals surface area contributed by atoms with Crippen molar-refractivity contribution in [3.63, 3.8) is 0 Å². The first-order valence-corrected chi connectivity index (χ1v) is 9.58. The number of hydrogen-bond donors (Lipinski definition) is 2. The Kier molecular flexibility index (Phi) is 10.0. The molecule has 0 aliphatic carbocycles. The van der Waals surface area contributed by atoms with Gasteiger partial charge in [0.1, 0.15) is 5.82 Å². The van der Waals surface area contributed by atoms with E-state index in [1.54, 1.807) is 0 Å². The van der Waals surface area contributed by atoms with Gasteiger partial charge in [0.05, 0.1) is 5.52 Å². The van der Waals surface area contributed by atoms with Crippen molar-refractivity contribution in [3.05, 3.63) is 35.9 Å². The molecule has 1 amide bonds. The van der Waals surface area contributed by atoms with Crippen molar-refractivity contribution in [2.45, 2.75) is 32.7 Å². The van der Waals surface area contributed by atoms with Crippen LogP contribution >= 0.6 is 24.8 Å². The number of para-hydroxylation sites is 1. The molecule has 2 aromatic rings. The predicted molar refractivity (Wildman–Crippen MR) is 122 cm³/mol. The average Bonchev–Trinajstić information content (AvgIpc) is 2.66. The van der Waals surface area contributed by atoms with Crippen LogP contribution in [0, 0.1) is 11.8 Å². The van der Waals surface area contributed by atoms with Gasteiger partial charge in [-0.1, -0.05) is 25.1 Å². The number of pyridine rings is 1. The van der Waals surface area contributed by atoms with E-state index >= 15 is 0 Å². The smallest absolute Gasteiger partial charge is 0.220 e. The standard InChI is InChI=1S/C21H30N4O.2ClH/c1-15(16-7-6-10-22-13-16)11-21(26)23-14-17-12-20(25(2)3)24-19-9-5-4-8-18(17)19;;/h4-5,8-9,12,15-16,22H,6-7,10-11,13-14H2,1-3H3,(H,23,26);2*1H. The number of nitrogens with one attached hydrogen (secondary N) is 2. The van der Waals surface area contributed by atoms with Gasteiger partial charge in [-0.05, 0) is 55.5 Å². The molecule has 1 fully saturated rings. The number of benzene rings is 1. The van der Waals surface area contributed by atoms with Crippen molar-refractivity contribution in [2.75, 3.05) is 32.1 Å². The van der Waals surface area contributed by atoms with Gasteiger partial charge in [-0.25, -0.2) is 4.98 Å². The van der Waals surface area contributed by atoms with Gasteiger partial charge in [-0.15, -0.1) is 24.8 Å². The number of carbonyl (C=O) groups is 1. The van der Waals surface area contributed by atoms with Gasteiger partial charge >= 0.3 is 0 Å². The summed E-state index contributed by atoms with van der Waals surface area (Å²) in [5.41, 5.74) is 2.07. The van der Waals surface area contributed by atoms with Crippen molar-refractivity contribution in [2.24, 2.45) is 11.8 Å². The van der Waals surface area contributed by atoms with E-state index in [-0.39, 0.29) is 30.7 Å². The molecule has 2 atom stereocenters. The summed E-state index contributed by atoms with van der Waals surface area (Å²) in [4.78, 5) is 19.1. The second-order valence-electron chi connectivity index (χ2n) is 7.62. The van der Waals surface area contributed by atoms with Gasteiger partial charge in [0.15, 0.2) is 0 Å². The minimum atomic E-state index is 0. The first-order chi connectivity index (χ1) is 12.5. The highest BCUT2D eigenvalue weighted by Crippen LogP contribution is 2.24. The summed E-state index contributed by atoms with van der Waals surface area (Å²) in [6.07, 6.45) is 3.03. The third kappa shape index (κ3) is 6.23. The van der Waals surface area contributed by atoms with Crippen LogP contribution in [0.25, 0.3) is 10.9 Å². The molecule has 7 heteroatoms. The maximum atomic E-state index is 12.5. The zero-order chi connectivity index (χ0) is 18.5. The van der Waals surface area contributed by atoms with E-state index in [1.165, 1.54) is 12.8 Å². The normalized spacial score (nSPS) is 17.2. The Morgan fingerprint density at radius 1 is 1.32 bits per heavy atom. The molecule has 3 rings (SSSR count). The SMILES string of the molecule is CC(CC(=O)NCc1cc(N(C)C)nc2ccccc12)C1CCCNC1.Cl.Cl. The summed E-state index contributed by atoms with van der Waals surface area (Å²) in [5, 5.41) is 7.66. The largest absolute Gasteiger partial charge is 0.363 e. The van der Waals surface area contributed by atoms with Gasteiger partial charge in [0, 0.05) is 32.4 Å². The van der Waals surface area contributed by atoms with Crippen molar-refractivity contribution in [1.82, 2.24) is 15.6 Å². The summed E-state index contributed by atoms with van der Waals surface area (Å²) < 4.78 is 0. The lowest BCUT2D eigenvalue weighted by Crippen LogP contribution is -2.35. The fourth-order valence-electron chi connectivity index (χ4n) is 3.70. The van der Waals surface area contributed by atoms with Gasteiger partial charge < -0.3 is 15.5 Å². The van der Waals surface area contributed by atoms with E-state index < -0.39 is 0 Å². The first-order valence-electron chi connectivity index (χ1n) is 9.58. The van der Waals surface area contributed by atoms with Gasteiger partial charge in [0.25, 0.3) is 0 Å². The Hall–Kier alpha value is -1.56. The molecular weight excluding hydrogens is 395 g/mol. The molecule has 2 unspecified atom stereocenters. The monoisotopic (exact) mass is 426 g/mol. The van der Waals surface area contributed by atoms with Gasteiger partial charge in [-0.2, -0.15) is 0 Å². The fraction of sp³-hybridized carbons (Fsp3) is 0.524. The molecule has 5 nitrogen and oxygen atoms in total. The first kappa shape index (κ1) is 24.5. The number of aromatic nitrogens is 1. The highest BCUT2D eigenvalue weighted by atomic mass is 35.5. The fourth-order valence-corrected chi connectivity index (χ4v) is 3.70. The van der Waals surface area contributed by atoms with Crippen LogP contribution in [0.2, 0.25) is 0 Å². The molecule has 2 N–H and O–H groups in total. The van der Waals surface area contributed by atoms with E-state index in [1.807, 2.05) is 37.2 Å². The number of carbonyl (C=O) groups excluding carboxylic acids is 1. The topological polar surface area (TPSA) is 57.3 Å². The zero-order valence-electron chi connectivity index (χ0n) is 16.9. The highest BCUT2D eigenvalue weighted by Gasteiger charge is 2.22. The molecule has 0 radical (unpaired) electrons. The van der Waals surface area contributed by atoms with Crippen molar-refractivity contribution >= 4 is 47.4 Å². The Morgan fingerprint density at radius 3 is 2.75 bits per heavy atom. The van der Waals surface area contributed by atoms with E-state index in [4.69, 9.17) is 0 Å². The van der Waals surface area contributed by atoms with E-state index in [2.05, 4.69) is 34.7 Å². The lowest BCUT2D eigenvalue weighted by atomic mass is 9.85. The van der Waals surface area contributed by atoms with Crippen LogP contribution in [0.3, 0.4) is 0 Å². The van der Waals surface area contributed by atoms with Crippen LogP contribution in [0.15, 0.2) is 30.3 Å². The molecule has 1 aromatic carbocycles. The van der Waals surface area contributed by atoms with Crippen LogP contribution in [0.1, 0.15) is 31.7 Å². The summed E-state index contributed by atoms with van der Waals surface area (Å²) in [6, 6.07) is 10.2. The molecule has 1 aliphatic heterocycles.